The Morgan fingerprint density at radius 2 is 1.81 bits per heavy atom. The van der Waals surface area contributed by atoms with E-state index in [-0.39, 0.29) is 12.5 Å². The summed E-state index contributed by atoms with van der Waals surface area (Å²) in [5, 5.41) is 11.7. The lowest BCUT2D eigenvalue weighted by Crippen LogP contribution is -2.55. The third-order valence-electron chi connectivity index (χ3n) is 5.82. The van der Waals surface area contributed by atoms with E-state index in [1.54, 1.807) is 6.07 Å². The number of carbonyl (C=O) groups is 2. The van der Waals surface area contributed by atoms with Crippen molar-refractivity contribution in [2.24, 2.45) is 5.92 Å². The number of amides is 1. The molecule has 1 aliphatic heterocycles. The molecule has 1 heterocycles. The fourth-order valence-corrected chi connectivity index (χ4v) is 4.23. The number of aliphatic carboxylic acids is 1. The van der Waals surface area contributed by atoms with Crippen molar-refractivity contribution in [1.82, 2.24) is 4.90 Å². The zero-order valence-corrected chi connectivity index (χ0v) is 14.9. The van der Waals surface area contributed by atoms with Crippen molar-refractivity contribution >= 4 is 22.6 Å². The van der Waals surface area contributed by atoms with Crippen molar-refractivity contribution in [1.29, 1.82) is 0 Å². The van der Waals surface area contributed by atoms with Gasteiger partial charge in [-0.15, -0.1) is 0 Å². The molecular formula is C21H23NO4. The van der Waals surface area contributed by atoms with E-state index in [1.807, 2.05) is 36.4 Å². The molecule has 0 aromatic heterocycles. The summed E-state index contributed by atoms with van der Waals surface area (Å²) >= 11 is 0. The molecule has 1 amide bonds. The summed E-state index contributed by atoms with van der Waals surface area (Å²) in [7, 11) is 0. The number of hydrogen-bond acceptors (Lipinski definition) is 3. The van der Waals surface area contributed by atoms with E-state index in [0.717, 1.165) is 23.6 Å². The first-order valence-corrected chi connectivity index (χ1v) is 9.19. The number of rotatable bonds is 2. The van der Waals surface area contributed by atoms with E-state index in [4.69, 9.17) is 4.74 Å². The molecule has 2 aromatic rings. The van der Waals surface area contributed by atoms with Gasteiger partial charge in [-0.2, -0.15) is 0 Å². The second-order valence-corrected chi connectivity index (χ2v) is 7.53. The summed E-state index contributed by atoms with van der Waals surface area (Å²) < 4.78 is 5.97. The molecule has 5 nitrogen and oxygen atoms in total. The summed E-state index contributed by atoms with van der Waals surface area (Å²) in [6.07, 6.45) is 3.26. The highest BCUT2D eigenvalue weighted by Gasteiger charge is 2.53. The van der Waals surface area contributed by atoms with Gasteiger partial charge in [-0.25, -0.2) is 4.79 Å². The highest BCUT2D eigenvalue weighted by molar-refractivity contribution is 6.00. The largest absolute Gasteiger partial charge is 0.480 e. The van der Waals surface area contributed by atoms with Crippen molar-refractivity contribution < 1.29 is 19.4 Å². The van der Waals surface area contributed by atoms with Crippen LogP contribution < -0.4 is 0 Å². The van der Waals surface area contributed by atoms with Gasteiger partial charge in [0.1, 0.15) is 5.72 Å². The standard InChI is InChI=1S/C21H23NO4/c1-14-8-10-21(11-9-14)22(18(13-26-21)20(24)25)19(23)17-7-6-15-4-2-3-5-16(15)12-17/h2-7,12,14,18H,8-11,13H2,1H3,(H,24,25)/t14?,18-,21?/m1/s1. The average molecular weight is 353 g/mol. The Balaban J connectivity index is 1.72. The SMILES string of the molecule is CC1CCC2(CC1)OC[C@H](C(=O)O)N2C(=O)c1ccc2ccccc2c1. The second-order valence-electron chi connectivity index (χ2n) is 7.53. The maximum atomic E-state index is 13.3. The molecule has 136 valence electrons. The molecule has 1 N–H and O–H groups in total. The van der Waals surface area contributed by atoms with Gasteiger partial charge in [0, 0.05) is 5.56 Å². The van der Waals surface area contributed by atoms with E-state index in [2.05, 4.69) is 6.92 Å². The summed E-state index contributed by atoms with van der Waals surface area (Å²) in [4.78, 5) is 26.6. The first-order chi connectivity index (χ1) is 12.5. The first kappa shape index (κ1) is 17.0. The Bertz CT molecular complexity index is 854. The second kappa shape index (κ2) is 6.40. The Kier molecular flexibility index (Phi) is 4.19. The smallest absolute Gasteiger partial charge is 0.328 e. The predicted molar refractivity (Wildman–Crippen MR) is 97.9 cm³/mol. The van der Waals surface area contributed by atoms with E-state index < -0.39 is 17.7 Å². The number of carboxylic acids is 1. The molecular weight excluding hydrogens is 330 g/mol. The van der Waals surface area contributed by atoms with Crippen molar-refractivity contribution in [3.63, 3.8) is 0 Å². The van der Waals surface area contributed by atoms with Gasteiger partial charge < -0.3 is 9.84 Å². The lowest BCUT2D eigenvalue weighted by Gasteiger charge is -2.42. The molecule has 2 aliphatic rings. The number of benzene rings is 2. The summed E-state index contributed by atoms with van der Waals surface area (Å²) in [5.41, 5.74) is -0.267. The van der Waals surface area contributed by atoms with Crippen molar-refractivity contribution in [3.05, 3.63) is 48.0 Å². The summed E-state index contributed by atoms with van der Waals surface area (Å²) in [6, 6.07) is 12.4. The van der Waals surface area contributed by atoms with E-state index in [0.29, 0.717) is 24.3 Å². The van der Waals surface area contributed by atoms with Crippen LogP contribution >= 0.6 is 0 Å². The summed E-state index contributed by atoms with van der Waals surface area (Å²) in [5.74, 6) is -0.685. The van der Waals surface area contributed by atoms with Gasteiger partial charge in [0.25, 0.3) is 5.91 Å². The maximum absolute atomic E-state index is 13.3. The minimum absolute atomic E-state index is 0.0586. The zero-order chi connectivity index (χ0) is 18.3. The van der Waals surface area contributed by atoms with Gasteiger partial charge in [0.15, 0.2) is 6.04 Å². The Morgan fingerprint density at radius 1 is 1.12 bits per heavy atom. The van der Waals surface area contributed by atoms with Crippen LogP contribution in [0.4, 0.5) is 0 Å². The minimum atomic E-state index is -1.00. The Labute approximate surface area is 152 Å². The number of nitrogens with zero attached hydrogens (tertiary/aromatic N) is 1. The molecule has 1 atom stereocenters. The van der Waals surface area contributed by atoms with E-state index in [1.165, 1.54) is 4.90 Å². The minimum Gasteiger partial charge on any atom is -0.480 e. The molecule has 1 aliphatic carbocycles. The molecule has 26 heavy (non-hydrogen) atoms. The van der Waals surface area contributed by atoms with Gasteiger partial charge in [0.05, 0.1) is 6.61 Å². The van der Waals surface area contributed by atoms with Crippen LogP contribution in [0.15, 0.2) is 42.5 Å². The van der Waals surface area contributed by atoms with Crippen LogP contribution in [0.3, 0.4) is 0 Å². The fourth-order valence-electron chi connectivity index (χ4n) is 4.23. The van der Waals surface area contributed by atoms with Gasteiger partial charge in [0.2, 0.25) is 0 Å². The lowest BCUT2D eigenvalue weighted by atomic mass is 9.83. The van der Waals surface area contributed by atoms with Gasteiger partial charge in [-0.1, -0.05) is 37.3 Å². The molecule has 0 bridgehead atoms. The van der Waals surface area contributed by atoms with Gasteiger partial charge in [-0.3, -0.25) is 9.69 Å². The fraction of sp³-hybridized carbons (Fsp3) is 0.429. The van der Waals surface area contributed by atoms with E-state index >= 15 is 0 Å². The third-order valence-corrected chi connectivity index (χ3v) is 5.82. The highest BCUT2D eigenvalue weighted by Crippen LogP contribution is 2.43. The third kappa shape index (κ3) is 2.76. The molecule has 0 radical (unpaired) electrons. The number of carbonyl (C=O) groups excluding carboxylic acids is 1. The van der Waals surface area contributed by atoms with Gasteiger partial charge >= 0.3 is 5.97 Å². The van der Waals surface area contributed by atoms with Crippen LogP contribution in [0.25, 0.3) is 10.8 Å². The zero-order valence-electron chi connectivity index (χ0n) is 14.9. The average Bonchev–Trinajstić information content (AvgIpc) is 3.02. The first-order valence-electron chi connectivity index (χ1n) is 9.19. The van der Waals surface area contributed by atoms with Crippen LogP contribution in [0.5, 0.6) is 0 Å². The number of ether oxygens (including phenoxy) is 1. The van der Waals surface area contributed by atoms with Crippen LogP contribution in [-0.4, -0.2) is 40.3 Å². The number of fused-ring (bicyclic) bond motifs is 1. The molecule has 2 fully saturated rings. The van der Waals surface area contributed by atoms with Gasteiger partial charge in [-0.05, 0) is 54.5 Å². The number of hydrogen-bond donors (Lipinski definition) is 1. The monoisotopic (exact) mass is 353 g/mol. The normalized spacial score (nSPS) is 28.6. The molecule has 1 saturated heterocycles. The molecule has 4 rings (SSSR count). The van der Waals surface area contributed by atoms with Crippen LogP contribution in [-0.2, 0) is 9.53 Å². The highest BCUT2D eigenvalue weighted by atomic mass is 16.5. The van der Waals surface area contributed by atoms with Crippen LogP contribution in [0.1, 0.15) is 43.0 Å². The maximum Gasteiger partial charge on any atom is 0.328 e. The summed E-state index contributed by atoms with van der Waals surface area (Å²) in [6.45, 7) is 2.25. The molecule has 1 saturated carbocycles. The molecule has 1 spiro atoms. The van der Waals surface area contributed by atoms with E-state index in [9.17, 15) is 14.7 Å². The lowest BCUT2D eigenvalue weighted by molar-refractivity contribution is -0.143. The van der Waals surface area contributed by atoms with Crippen molar-refractivity contribution in [2.45, 2.75) is 44.4 Å². The van der Waals surface area contributed by atoms with Crippen molar-refractivity contribution in [3.8, 4) is 0 Å². The predicted octanol–water partition coefficient (Wildman–Crippen LogP) is 3.67. The molecule has 2 aromatic carbocycles. The van der Waals surface area contributed by atoms with Crippen LogP contribution in [0.2, 0.25) is 0 Å². The topological polar surface area (TPSA) is 66.8 Å². The molecule has 5 heteroatoms. The Morgan fingerprint density at radius 3 is 2.50 bits per heavy atom. The van der Waals surface area contributed by atoms with Crippen LogP contribution in [0, 0.1) is 5.92 Å². The quantitative estimate of drug-likeness (QED) is 0.894. The Hall–Kier alpha value is -2.40. The number of carboxylic acid groups (broad SMARTS) is 1. The molecule has 0 unspecified atom stereocenters. The van der Waals surface area contributed by atoms with Crippen molar-refractivity contribution in [2.75, 3.05) is 6.61 Å².